The molecule has 0 saturated carbocycles. The van der Waals surface area contributed by atoms with Crippen molar-refractivity contribution in [2.24, 2.45) is 0 Å². The first-order valence-electron chi connectivity index (χ1n) is 24.7. The van der Waals surface area contributed by atoms with Crippen LogP contribution in [0, 0.1) is 0 Å². The summed E-state index contributed by atoms with van der Waals surface area (Å²) in [7, 11) is 0. The van der Waals surface area contributed by atoms with Gasteiger partial charge in [0, 0.05) is 12.8 Å². The van der Waals surface area contributed by atoms with E-state index in [-0.39, 0.29) is 25.6 Å². The highest BCUT2D eigenvalue weighted by Gasteiger charge is 2.15. The minimum absolute atomic E-state index is 0.105. The monoisotopic (exact) mass is 855 g/mol. The van der Waals surface area contributed by atoms with Crippen molar-refractivity contribution < 1.29 is 24.2 Å². The molecule has 1 atom stereocenters. The van der Waals surface area contributed by atoms with Crippen molar-refractivity contribution in [3.8, 4) is 0 Å². The SMILES string of the molecule is CC/C=C\C/C=C\C/C=C\C/C=C\C/C=C\C/C=C\CCC(=O)OC(CO)COC(=O)CCCCCCCCCCCCCCC/C=C\C/C=C\C/C=C\C/C=C\C/C=C\CC. The lowest BCUT2D eigenvalue weighted by Gasteiger charge is -2.15. The third-order valence-electron chi connectivity index (χ3n) is 9.95. The molecule has 0 fully saturated rings. The van der Waals surface area contributed by atoms with Crippen LogP contribution in [0.2, 0.25) is 0 Å². The smallest absolute Gasteiger partial charge is 0.306 e. The summed E-state index contributed by atoms with van der Waals surface area (Å²) in [4.78, 5) is 24.4. The van der Waals surface area contributed by atoms with E-state index < -0.39 is 12.1 Å². The Morgan fingerprint density at radius 3 is 1.03 bits per heavy atom. The first kappa shape index (κ1) is 58.0. The number of allylic oxidation sites excluding steroid dienone is 22. The second kappa shape index (κ2) is 51.4. The predicted octanol–water partition coefficient (Wildman–Crippen LogP) is 16.5. The van der Waals surface area contributed by atoms with Gasteiger partial charge in [0.15, 0.2) is 6.10 Å². The number of ether oxygens (including phenoxy) is 2. The van der Waals surface area contributed by atoms with Crippen LogP contribution in [0.25, 0.3) is 0 Å². The summed E-state index contributed by atoms with van der Waals surface area (Å²) in [5.41, 5.74) is 0. The molecule has 0 aromatic rings. The van der Waals surface area contributed by atoms with Crippen LogP contribution in [0.4, 0.5) is 0 Å². The van der Waals surface area contributed by atoms with Crippen molar-refractivity contribution in [1.29, 1.82) is 0 Å². The zero-order chi connectivity index (χ0) is 44.9. The van der Waals surface area contributed by atoms with E-state index >= 15 is 0 Å². The summed E-state index contributed by atoms with van der Waals surface area (Å²) in [6.45, 7) is 3.84. The Morgan fingerprint density at radius 2 is 0.677 bits per heavy atom. The van der Waals surface area contributed by atoms with Crippen molar-refractivity contribution in [1.82, 2.24) is 0 Å². The highest BCUT2D eigenvalue weighted by molar-refractivity contribution is 5.70. The van der Waals surface area contributed by atoms with Gasteiger partial charge in [0.25, 0.3) is 0 Å². The minimum Gasteiger partial charge on any atom is -0.462 e. The van der Waals surface area contributed by atoms with E-state index in [0.717, 1.165) is 89.9 Å². The molecule has 1 N–H and O–H groups in total. The number of rotatable bonds is 43. The van der Waals surface area contributed by atoms with Gasteiger partial charge < -0.3 is 14.6 Å². The molecular weight excluding hydrogens is 765 g/mol. The average Bonchev–Trinajstić information content (AvgIpc) is 3.28. The number of carbonyl (C=O) groups is 2. The summed E-state index contributed by atoms with van der Waals surface area (Å²) in [6.07, 6.45) is 76.9. The Morgan fingerprint density at radius 1 is 0.371 bits per heavy atom. The molecule has 5 heteroatoms. The highest BCUT2D eigenvalue weighted by Crippen LogP contribution is 2.14. The molecule has 0 aliphatic rings. The first-order valence-corrected chi connectivity index (χ1v) is 24.7. The molecule has 0 saturated heterocycles. The van der Waals surface area contributed by atoms with Crippen molar-refractivity contribution in [3.05, 3.63) is 134 Å². The normalized spacial score (nSPS) is 13.4. The first-order chi connectivity index (χ1) is 30.6. The van der Waals surface area contributed by atoms with E-state index in [9.17, 15) is 14.7 Å². The summed E-state index contributed by atoms with van der Waals surface area (Å²) in [5, 5.41) is 9.60. The van der Waals surface area contributed by atoms with Crippen molar-refractivity contribution in [2.75, 3.05) is 13.2 Å². The van der Waals surface area contributed by atoms with Crippen LogP contribution in [0.15, 0.2) is 134 Å². The molecule has 1 unspecified atom stereocenters. The van der Waals surface area contributed by atoms with E-state index in [1.54, 1.807) is 0 Å². The fraction of sp³-hybridized carbons (Fsp3) is 0.579. The molecule has 0 rings (SSSR count). The van der Waals surface area contributed by atoms with E-state index in [0.29, 0.717) is 12.8 Å². The zero-order valence-electron chi connectivity index (χ0n) is 39.6. The minimum atomic E-state index is -0.822. The fourth-order valence-corrected chi connectivity index (χ4v) is 6.31. The third kappa shape index (κ3) is 48.7. The topological polar surface area (TPSA) is 72.8 Å². The van der Waals surface area contributed by atoms with Gasteiger partial charge in [-0.1, -0.05) is 218 Å². The predicted molar refractivity (Wildman–Crippen MR) is 269 cm³/mol. The van der Waals surface area contributed by atoms with E-state index in [1.807, 2.05) is 12.2 Å². The maximum Gasteiger partial charge on any atom is 0.306 e. The van der Waals surface area contributed by atoms with E-state index in [4.69, 9.17) is 9.47 Å². The van der Waals surface area contributed by atoms with Crippen LogP contribution in [0.5, 0.6) is 0 Å². The molecule has 0 aromatic carbocycles. The van der Waals surface area contributed by atoms with Crippen LogP contribution in [0.3, 0.4) is 0 Å². The molecule has 0 amide bonds. The number of aliphatic hydroxyl groups excluding tert-OH is 1. The molecule has 0 aliphatic carbocycles. The largest absolute Gasteiger partial charge is 0.462 e. The summed E-state index contributed by atoms with van der Waals surface area (Å²) in [6, 6.07) is 0. The number of aliphatic hydroxyl groups is 1. The van der Waals surface area contributed by atoms with Crippen LogP contribution >= 0.6 is 0 Å². The van der Waals surface area contributed by atoms with Gasteiger partial charge in [-0.3, -0.25) is 9.59 Å². The molecule has 0 bridgehead atoms. The Labute approximate surface area is 381 Å². The van der Waals surface area contributed by atoms with E-state index in [1.165, 1.54) is 70.6 Å². The molecule has 0 heterocycles. The summed E-state index contributed by atoms with van der Waals surface area (Å²) >= 11 is 0. The summed E-state index contributed by atoms with van der Waals surface area (Å²) in [5.74, 6) is -0.699. The van der Waals surface area contributed by atoms with Crippen molar-refractivity contribution in [3.63, 3.8) is 0 Å². The molecule has 62 heavy (non-hydrogen) atoms. The molecule has 0 aromatic heterocycles. The number of esters is 2. The lowest BCUT2D eigenvalue weighted by atomic mass is 10.0. The molecule has 5 nitrogen and oxygen atoms in total. The molecular formula is C57H90O5. The van der Waals surface area contributed by atoms with E-state index in [2.05, 4.69) is 135 Å². The maximum atomic E-state index is 12.2. The van der Waals surface area contributed by atoms with Crippen molar-refractivity contribution >= 4 is 11.9 Å². The van der Waals surface area contributed by atoms with Gasteiger partial charge in [0.1, 0.15) is 6.61 Å². The molecule has 0 radical (unpaired) electrons. The Kier molecular flexibility index (Phi) is 48.1. The van der Waals surface area contributed by atoms with Crippen LogP contribution < -0.4 is 0 Å². The van der Waals surface area contributed by atoms with Gasteiger partial charge in [0.05, 0.1) is 6.61 Å². The molecule has 0 aliphatic heterocycles. The Hall–Kier alpha value is -3.96. The van der Waals surface area contributed by atoms with Crippen LogP contribution in [-0.4, -0.2) is 36.4 Å². The van der Waals surface area contributed by atoms with Gasteiger partial charge in [-0.15, -0.1) is 0 Å². The number of hydrogen-bond acceptors (Lipinski definition) is 5. The standard InChI is InChI=1S/C57H90O5/c1-3-5-7-9-11-13-15-17-19-21-23-24-25-26-27-28-29-30-31-32-34-35-37-39-41-43-45-47-49-51-56(59)61-54-55(53-58)62-57(60)52-50-48-46-44-42-40-38-36-33-22-20-18-16-14-12-10-8-6-4-2/h5-8,11-14,17-20,23-24,26-27,33,36,40,42,46,48,55,58H,3-4,9-10,15-16,21-22,25,28-32,34-35,37-39,41,43-45,47,49-54H2,1-2H3/b7-5-,8-6-,13-11-,14-12-,19-17-,20-18-,24-23-,27-26-,36-33-,42-40-,48-46-. The second-order valence-corrected chi connectivity index (χ2v) is 15.8. The fourth-order valence-electron chi connectivity index (χ4n) is 6.31. The number of unbranched alkanes of at least 4 members (excludes halogenated alkanes) is 13. The number of carbonyl (C=O) groups excluding carboxylic acids is 2. The lowest BCUT2D eigenvalue weighted by Crippen LogP contribution is -2.28. The van der Waals surface area contributed by atoms with Gasteiger partial charge in [-0.05, 0) is 96.3 Å². The van der Waals surface area contributed by atoms with Gasteiger partial charge in [-0.25, -0.2) is 0 Å². The van der Waals surface area contributed by atoms with Gasteiger partial charge in [-0.2, -0.15) is 0 Å². The number of hydrogen-bond donors (Lipinski definition) is 1. The summed E-state index contributed by atoms with van der Waals surface area (Å²) < 4.78 is 10.6. The zero-order valence-corrected chi connectivity index (χ0v) is 39.6. The quantitative estimate of drug-likeness (QED) is 0.0376. The molecule has 348 valence electrons. The highest BCUT2D eigenvalue weighted by atomic mass is 16.6. The Balaban J connectivity index is 3.62. The molecule has 0 spiro atoms. The van der Waals surface area contributed by atoms with Crippen LogP contribution in [-0.2, 0) is 19.1 Å². The van der Waals surface area contributed by atoms with Crippen LogP contribution in [0.1, 0.15) is 194 Å². The average molecular weight is 855 g/mol. The van der Waals surface area contributed by atoms with Crippen molar-refractivity contribution in [2.45, 2.75) is 200 Å². The second-order valence-electron chi connectivity index (χ2n) is 15.8. The van der Waals surface area contributed by atoms with Gasteiger partial charge >= 0.3 is 11.9 Å². The van der Waals surface area contributed by atoms with Gasteiger partial charge in [0.2, 0.25) is 0 Å². The lowest BCUT2D eigenvalue weighted by molar-refractivity contribution is -0.161. The Bertz CT molecular complexity index is 1330. The third-order valence-corrected chi connectivity index (χ3v) is 9.95. The maximum absolute atomic E-state index is 12.2.